The van der Waals surface area contributed by atoms with Crippen LogP contribution in [-0.4, -0.2) is 11.7 Å². The van der Waals surface area contributed by atoms with Gasteiger partial charge in [-0.15, -0.1) is 0 Å². The second kappa shape index (κ2) is 2.96. The van der Waals surface area contributed by atoms with Crippen LogP contribution in [0.1, 0.15) is 5.56 Å². The van der Waals surface area contributed by atoms with Gasteiger partial charge >= 0.3 is 0 Å². The Morgan fingerprint density at radius 3 is 2.82 bits per heavy atom. The van der Waals surface area contributed by atoms with E-state index in [1.807, 2.05) is 0 Å². The van der Waals surface area contributed by atoms with Crippen LogP contribution in [0.25, 0.3) is 6.08 Å². The van der Waals surface area contributed by atoms with Crippen molar-refractivity contribution in [2.75, 3.05) is 5.73 Å². The van der Waals surface area contributed by atoms with E-state index in [1.54, 1.807) is 18.3 Å². The van der Waals surface area contributed by atoms with Gasteiger partial charge in [-0.3, -0.25) is 4.99 Å². The topological polar surface area (TPSA) is 51.3 Å². The summed E-state index contributed by atoms with van der Waals surface area (Å²) in [6.45, 7) is 6.99. The van der Waals surface area contributed by atoms with Crippen LogP contribution in [0.3, 0.4) is 0 Å². The second-order valence-electron chi connectivity index (χ2n) is 2.00. The van der Waals surface area contributed by atoms with Crippen LogP contribution >= 0.6 is 0 Å². The Labute approximate surface area is 65.3 Å². The molecule has 1 aromatic rings. The lowest BCUT2D eigenvalue weighted by atomic mass is 10.2. The third-order valence-electron chi connectivity index (χ3n) is 1.36. The van der Waals surface area contributed by atoms with Gasteiger partial charge in [0.15, 0.2) is 0 Å². The predicted octanol–water partition coefficient (Wildman–Crippen LogP) is 1.64. The van der Waals surface area contributed by atoms with Crippen molar-refractivity contribution in [3.05, 3.63) is 24.4 Å². The Morgan fingerprint density at radius 2 is 2.36 bits per heavy atom. The van der Waals surface area contributed by atoms with E-state index >= 15 is 0 Å². The third-order valence-corrected chi connectivity index (χ3v) is 1.36. The number of nitrogen functional groups attached to an aromatic ring is 1. The molecule has 0 amide bonds. The van der Waals surface area contributed by atoms with Crippen LogP contribution in [0.4, 0.5) is 11.5 Å². The Balaban J connectivity index is 3.35. The summed E-state index contributed by atoms with van der Waals surface area (Å²) in [7, 11) is 0. The van der Waals surface area contributed by atoms with E-state index < -0.39 is 0 Å². The van der Waals surface area contributed by atoms with Crippen molar-refractivity contribution in [2.45, 2.75) is 0 Å². The zero-order chi connectivity index (χ0) is 8.27. The van der Waals surface area contributed by atoms with Crippen LogP contribution < -0.4 is 5.73 Å². The number of hydrogen-bond donors (Lipinski definition) is 1. The summed E-state index contributed by atoms with van der Waals surface area (Å²) in [5, 5.41) is 0. The minimum absolute atomic E-state index is 0.386. The molecular formula is C8H9N3. The van der Waals surface area contributed by atoms with Crippen molar-refractivity contribution in [1.82, 2.24) is 4.98 Å². The van der Waals surface area contributed by atoms with Crippen molar-refractivity contribution >= 4 is 24.3 Å². The fourth-order valence-electron chi connectivity index (χ4n) is 0.823. The van der Waals surface area contributed by atoms with Gasteiger partial charge in [0.05, 0.1) is 0 Å². The van der Waals surface area contributed by atoms with Gasteiger partial charge in [-0.05, 0) is 12.8 Å². The number of rotatable bonds is 2. The van der Waals surface area contributed by atoms with Gasteiger partial charge in [0.1, 0.15) is 11.5 Å². The summed E-state index contributed by atoms with van der Waals surface area (Å²) >= 11 is 0. The Bertz CT molecular complexity index is 291. The highest BCUT2D eigenvalue weighted by molar-refractivity contribution is 5.73. The first kappa shape index (κ1) is 7.47. The minimum atomic E-state index is 0.386. The molecule has 0 bridgehead atoms. The third kappa shape index (κ3) is 1.26. The van der Waals surface area contributed by atoms with Crippen molar-refractivity contribution < 1.29 is 0 Å². The molecule has 0 saturated carbocycles. The lowest BCUT2D eigenvalue weighted by molar-refractivity contribution is 1.31. The number of nitrogens with two attached hydrogens (primary N) is 1. The number of aliphatic imine (C=N–C) groups is 1. The Hall–Kier alpha value is -1.64. The molecular weight excluding hydrogens is 138 g/mol. The number of anilines is 1. The Morgan fingerprint density at radius 1 is 1.64 bits per heavy atom. The molecule has 0 aliphatic heterocycles. The fourth-order valence-corrected chi connectivity index (χ4v) is 0.823. The highest BCUT2D eigenvalue weighted by atomic mass is 14.9. The summed E-state index contributed by atoms with van der Waals surface area (Å²) < 4.78 is 0. The summed E-state index contributed by atoms with van der Waals surface area (Å²) in [5.41, 5.74) is 6.97. The zero-order valence-corrected chi connectivity index (χ0v) is 6.12. The molecule has 0 fully saturated rings. The number of nitrogens with zero attached hydrogens (tertiary/aromatic N) is 2. The number of pyridine rings is 1. The van der Waals surface area contributed by atoms with Crippen LogP contribution in [0, 0.1) is 0 Å². The first-order valence-corrected chi connectivity index (χ1v) is 3.13. The average molecular weight is 147 g/mol. The molecule has 0 radical (unpaired) electrons. The van der Waals surface area contributed by atoms with Gasteiger partial charge in [0.25, 0.3) is 0 Å². The van der Waals surface area contributed by atoms with Crippen LogP contribution in [0.2, 0.25) is 0 Å². The molecule has 0 aliphatic rings. The Kier molecular flexibility index (Phi) is 2.01. The first-order chi connectivity index (χ1) is 5.29. The maximum absolute atomic E-state index is 5.51. The largest absolute Gasteiger partial charge is 0.382 e. The molecule has 56 valence electrons. The van der Waals surface area contributed by atoms with E-state index in [0.29, 0.717) is 11.5 Å². The summed E-state index contributed by atoms with van der Waals surface area (Å²) in [4.78, 5) is 7.59. The van der Waals surface area contributed by atoms with E-state index in [2.05, 4.69) is 23.3 Å². The zero-order valence-electron chi connectivity index (χ0n) is 6.12. The maximum atomic E-state index is 5.51. The summed E-state index contributed by atoms with van der Waals surface area (Å²) in [5.74, 6) is 0.386. The molecule has 0 saturated heterocycles. The molecule has 0 aliphatic carbocycles. The minimum Gasteiger partial charge on any atom is -0.382 e. The van der Waals surface area contributed by atoms with Gasteiger partial charge in [-0.2, -0.15) is 0 Å². The van der Waals surface area contributed by atoms with E-state index in [0.717, 1.165) is 5.56 Å². The molecule has 1 heterocycles. The summed E-state index contributed by atoms with van der Waals surface area (Å²) in [6, 6.07) is 1.79. The van der Waals surface area contributed by atoms with Gasteiger partial charge < -0.3 is 5.73 Å². The normalized spacial score (nSPS) is 9.09. The first-order valence-electron chi connectivity index (χ1n) is 3.13. The van der Waals surface area contributed by atoms with E-state index in [-0.39, 0.29) is 0 Å². The smallest absolute Gasteiger partial charge is 0.149 e. The predicted molar refractivity (Wildman–Crippen MR) is 47.9 cm³/mol. The quantitative estimate of drug-likeness (QED) is 0.646. The molecule has 3 heteroatoms. The molecule has 11 heavy (non-hydrogen) atoms. The maximum Gasteiger partial charge on any atom is 0.149 e. The van der Waals surface area contributed by atoms with Gasteiger partial charge in [0.2, 0.25) is 0 Å². The average Bonchev–Trinajstić information content (AvgIpc) is 2.04. The molecule has 2 N–H and O–H groups in total. The standard InChI is InChI=1S/C8H9N3/c1-3-6-4-5-11-8(9)7(6)10-2/h3-5H,1-2H2,(H2,9,11). The molecule has 0 atom stereocenters. The van der Waals surface area contributed by atoms with Crippen LogP contribution in [-0.2, 0) is 0 Å². The van der Waals surface area contributed by atoms with Gasteiger partial charge in [-0.25, -0.2) is 4.98 Å². The molecule has 0 spiro atoms. The molecule has 0 aromatic carbocycles. The van der Waals surface area contributed by atoms with Gasteiger partial charge in [-0.1, -0.05) is 12.7 Å². The second-order valence-corrected chi connectivity index (χ2v) is 2.00. The van der Waals surface area contributed by atoms with Crippen LogP contribution in [0.5, 0.6) is 0 Å². The monoisotopic (exact) mass is 147 g/mol. The fraction of sp³-hybridized carbons (Fsp3) is 0. The van der Waals surface area contributed by atoms with Crippen molar-refractivity contribution in [1.29, 1.82) is 0 Å². The van der Waals surface area contributed by atoms with E-state index in [1.165, 1.54) is 0 Å². The molecule has 1 rings (SSSR count). The highest BCUT2D eigenvalue weighted by Gasteiger charge is 2.00. The van der Waals surface area contributed by atoms with Gasteiger partial charge in [0, 0.05) is 11.8 Å². The number of aromatic nitrogens is 1. The SMILES string of the molecule is C=Cc1ccnc(N)c1N=C. The lowest BCUT2D eigenvalue weighted by Crippen LogP contribution is -1.90. The van der Waals surface area contributed by atoms with Crippen molar-refractivity contribution in [3.63, 3.8) is 0 Å². The lowest BCUT2D eigenvalue weighted by Gasteiger charge is -2.00. The van der Waals surface area contributed by atoms with Crippen molar-refractivity contribution in [3.8, 4) is 0 Å². The molecule has 1 aromatic heterocycles. The molecule has 0 unspecified atom stereocenters. The number of hydrogen-bond acceptors (Lipinski definition) is 3. The van der Waals surface area contributed by atoms with Crippen molar-refractivity contribution in [2.24, 2.45) is 4.99 Å². The van der Waals surface area contributed by atoms with E-state index in [4.69, 9.17) is 5.73 Å². The summed E-state index contributed by atoms with van der Waals surface area (Å²) in [6.07, 6.45) is 3.28. The molecule has 3 nitrogen and oxygen atoms in total. The van der Waals surface area contributed by atoms with Crippen LogP contribution in [0.15, 0.2) is 23.8 Å². The van der Waals surface area contributed by atoms with E-state index in [9.17, 15) is 0 Å². The highest BCUT2D eigenvalue weighted by Crippen LogP contribution is 2.24.